The molecule has 1 aromatic carbocycles. The van der Waals surface area contributed by atoms with Gasteiger partial charge >= 0.3 is 0 Å². The van der Waals surface area contributed by atoms with Gasteiger partial charge in [0, 0.05) is 15.9 Å². The number of carbonyl (C=O) groups is 1. The lowest BCUT2D eigenvalue weighted by molar-refractivity contribution is -0.115. The molecule has 1 amide bonds. The molecule has 0 bridgehead atoms. The van der Waals surface area contributed by atoms with Crippen LogP contribution >= 0.6 is 27.5 Å². The first-order valence-electron chi connectivity index (χ1n) is 6.08. The normalized spacial score (nSPS) is 15.1. The zero-order valence-corrected chi connectivity index (χ0v) is 12.4. The summed E-state index contributed by atoms with van der Waals surface area (Å²) in [5.74, 6) is 0.0196. The Morgan fingerprint density at radius 3 is 2.94 bits per heavy atom. The molecule has 0 spiro atoms. The lowest BCUT2D eigenvalue weighted by Gasteiger charge is -2.13. The molecule has 2 nitrogen and oxygen atoms in total. The predicted octanol–water partition coefficient (Wildman–Crippen LogP) is 4.93. The number of nitrogens with one attached hydrogen (secondary N) is 1. The van der Waals surface area contributed by atoms with Crippen LogP contribution < -0.4 is 5.32 Å². The highest BCUT2D eigenvalue weighted by molar-refractivity contribution is 9.10. The van der Waals surface area contributed by atoms with Crippen LogP contribution in [0.1, 0.15) is 32.1 Å². The molecule has 96 valence electrons. The van der Waals surface area contributed by atoms with Crippen LogP contribution in [0.25, 0.3) is 0 Å². The first kappa shape index (κ1) is 13.6. The van der Waals surface area contributed by atoms with Crippen molar-refractivity contribution in [3.63, 3.8) is 0 Å². The lowest BCUT2D eigenvalue weighted by Crippen LogP contribution is -2.13. The highest BCUT2D eigenvalue weighted by atomic mass is 79.9. The molecule has 4 heteroatoms. The fraction of sp³-hybridized carbons (Fsp3) is 0.357. The minimum atomic E-state index is 0.0196. The van der Waals surface area contributed by atoms with Crippen molar-refractivity contribution in [3.8, 4) is 0 Å². The number of anilines is 1. The van der Waals surface area contributed by atoms with Gasteiger partial charge in [-0.1, -0.05) is 23.3 Å². The second kappa shape index (κ2) is 6.39. The van der Waals surface area contributed by atoms with Crippen LogP contribution in [0.4, 0.5) is 5.69 Å². The van der Waals surface area contributed by atoms with E-state index in [9.17, 15) is 4.79 Å². The minimum Gasteiger partial charge on any atom is -0.325 e. The number of carbonyl (C=O) groups excluding carboxylic acids is 1. The van der Waals surface area contributed by atoms with Gasteiger partial charge in [-0.15, -0.1) is 0 Å². The molecule has 0 aromatic heterocycles. The van der Waals surface area contributed by atoms with Gasteiger partial charge in [-0.05, 0) is 59.8 Å². The van der Waals surface area contributed by atoms with E-state index < -0.39 is 0 Å². The Bertz CT molecular complexity index is 485. The highest BCUT2D eigenvalue weighted by Gasteiger charge is 2.10. The molecule has 2 rings (SSSR count). The molecular formula is C14H15BrClNO. The molecule has 1 N–H and O–H groups in total. The molecule has 1 aliphatic rings. The number of allylic oxidation sites excluding steroid dienone is 1. The maximum Gasteiger partial charge on any atom is 0.228 e. The summed E-state index contributed by atoms with van der Waals surface area (Å²) >= 11 is 9.30. The fourth-order valence-corrected chi connectivity index (χ4v) is 2.58. The average Bonchev–Trinajstić information content (AvgIpc) is 2.35. The molecular weight excluding hydrogens is 314 g/mol. The minimum absolute atomic E-state index is 0.0196. The van der Waals surface area contributed by atoms with Crippen LogP contribution in [0.15, 0.2) is 34.3 Å². The summed E-state index contributed by atoms with van der Waals surface area (Å²) in [5, 5.41) is 3.50. The van der Waals surface area contributed by atoms with Crippen LogP contribution in [0.5, 0.6) is 0 Å². The first-order valence-corrected chi connectivity index (χ1v) is 7.25. The van der Waals surface area contributed by atoms with Crippen LogP contribution in [-0.4, -0.2) is 5.91 Å². The van der Waals surface area contributed by atoms with E-state index in [-0.39, 0.29) is 5.91 Å². The summed E-state index contributed by atoms with van der Waals surface area (Å²) < 4.78 is 0.845. The van der Waals surface area contributed by atoms with E-state index in [2.05, 4.69) is 27.3 Å². The lowest BCUT2D eigenvalue weighted by atomic mass is 9.97. The Labute approximate surface area is 121 Å². The van der Waals surface area contributed by atoms with Gasteiger partial charge in [-0.2, -0.15) is 0 Å². The summed E-state index contributed by atoms with van der Waals surface area (Å²) in [6.07, 6.45) is 7.26. The maximum absolute atomic E-state index is 11.9. The van der Waals surface area contributed by atoms with E-state index in [0.29, 0.717) is 11.4 Å². The zero-order chi connectivity index (χ0) is 13.0. The van der Waals surface area contributed by atoms with Crippen molar-refractivity contribution in [2.24, 2.45) is 0 Å². The van der Waals surface area contributed by atoms with E-state index in [1.54, 1.807) is 12.1 Å². The van der Waals surface area contributed by atoms with Crippen molar-refractivity contribution in [2.75, 3.05) is 5.32 Å². The van der Waals surface area contributed by atoms with Crippen LogP contribution in [0.3, 0.4) is 0 Å². The second-order valence-electron chi connectivity index (χ2n) is 4.46. The smallest absolute Gasteiger partial charge is 0.228 e. The van der Waals surface area contributed by atoms with Crippen molar-refractivity contribution < 1.29 is 4.79 Å². The third-order valence-electron chi connectivity index (χ3n) is 2.98. The Hall–Kier alpha value is -0.800. The van der Waals surface area contributed by atoms with Crippen molar-refractivity contribution in [2.45, 2.75) is 32.1 Å². The van der Waals surface area contributed by atoms with E-state index in [0.717, 1.165) is 23.0 Å². The molecule has 0 saturated carbocycles. The largest absolute Gasteiger partial charge is 0.325 e. The van der Waals surface area contributed by atoms with E-state index in [1.165, 1.54) is 18.4 Å². The van der Waals surface area contributed by atoms with Gasteiger partial charge < -0.3 is 5.32 Å². The summed E-state index contributed by atoms with van der Waals surface area (Å²) in [6.45, 7) is 0. The summed E-state index contributed by atoms with van der Waals surface area (Å²) in [7, 11) is 0. The van der Waals surface area contributed by atoms with Crippen LogP contribution in [0, 0.1) is 0 Å². The van der Waals surface area contributed by atoms with Gasteiger partial charge in [0.05, 0.1) is 5.69 Å². The zero-order valence-electron chi connectivity index (χ0n) is 10.0. The van der Waals surface area contributed by atoms with Gasteiger partial charge in [-0.25, -0.2) is 0 Å². The van der Waals surface area contributed by atoms with Gasteiger partial charge in [0.25, 0.3) is 0 Å². The molecule has 0 heterocycles. The monoisotopic (exact) mass is 327 g/mol. The maximum atomic E-state index is 11.9. The summed E-state index contributed by atoms with van der Waals surface area (Å²) in [4.78, 5) is 11.9. The predicted molar refractivity (Wildman–Crippen MR) is 78.9 cm³/mol. The molecule has 0 unspecified atom stereocenters. The van der Waals surface area contributed by atoms with Gasteiger partial charge in [0.1, 0.15) is 0 Å². The standard InChI is InChI=1S/C14H15BrClNO/c15-12-7-6-11(16)9-13(12)17-14(18)8-10-4-2-1-3-5-10/h4,6-7,9H,1-3,5,8H2,(H,17,18). The van der Waals surface area contributed by atoms with Crippen LogP contribution in [-0.2, 0) is 4.79 Å². The highest BCUT2D eigenvalue weighted by Crippen LogP contribution is 2.27. The third-order valence-corrected chi connectivity index (χ3v) is 3.90. The Kier molecular flexibility index (Phi) is 4.84. The topological polar surface area (TPSA) is 29.1 Å². The molecule has 0 fully saturated rings. The van der Waals surface area contributed by atoms with E-state index >= 15 is 0 Å². The second-order valence-corrected chi connectivity index (χ2v) is 5.75. The Balaban J connectivity index is 1.98. The van der Waals surface area contributed by atoms with Crippen molar-refractivity contribution in [3.05, 3.63) is 39.3 Å². The number of hydrogen-bond acceptors (Lipinski definition) is 1. The first-order chi connectivity index (χ1) is 8.65. The van der Waals surface area contributed by atoms with Gasteiger partial charge in [-0.3, -0.25) is 4.79 Å². The van der Waals surface area contributed by atoms with Crippen molar-refractivity contribution >= 4 is 39.1 Å². The van der Waals surface area contributed by atoms with Crippen molar-refractivity contribution in [1.82, 2.24) is 0 Å². The molecule has 0 radical (unpaired) electrons. The quantitative estimate of drug-likeness (QED) is 0.783. The summed E-state index contributed by atoms with van der Waals surface area (Å²) in [6, 6.07) is 5.36. The molecule has 1 aliphatic carbocycles. The number of amides is 1. The van der Waals surface area contributed by atoms with E-state index in [1.807, 2.05) is 6.07 Å². The molecule has 0 aliphatic heterocycles. The average molecular weight is 329 g/mol. The Morgan fingerprint density at radius 1 is 1.39 bits per heavy atom. The van der Waals surface area contributed by atoms with Crippen LogP contribution in [0.2, 0.25) is 5.02 Å². The number of hydrogen-bond donors (Lipinski definition) is 1. The third kappa shape index (κ3) is 3.85. The molecule has 0 saturated heterocycles. The number of halogens is 2. The van der Waals surface area contributed by atoms with E-state index in [4.69, 9.17) is 11.6 Å². The molecule has 0 atom stereocenters. The summed E-state index contributed by atoms with van der Waals surface area (Å²) in [5.41, 5.74) is 1.97. The van der Waals surface area contributed by atoms with Gasteiger partial charge in [0.2, 0.25) is 5.91 Å². The fourth-order valence-electron chi connectivity index (χ4n) is 2.06. The Morgan fingerprint density at radius 2 is 2.22 bits per heavy atom. The molecule has 1 aromatic rings. The molecule has 18 heavy (non-hydrogen) atoms. The SMILES string of the molecule is O=C(CC1=CCCCC1)Nc1cc(Cl)ccc1Br. The van der Waals surface area contributed by atoms with Gasteiger partial charge in [0.15, 0.2) is 0 Å². The van der Waals surface area contributed by atoms with Crippen molar-refractivity contribution in [1.29, 1.82) is 0 Å². The number of rotatable bonds is 3. The number of benzene rings is 1.